The maximum Gasteiger partial charge on any atom is 0.262 e. The Morgan fingerprint density at radius 3 is 2.52 bits per heavy atom. The number of amides is 1. The van der Waals surface area contributed by atoms with Gasteiger partial charge in [0, 0.05) is 6.54 Å². The number of nitrogens with one attached hydrogen (secondary N) is 1. The van der Waals surface area contributed by atoms with Gasteiger partial charge in [-0.1, -0.05) is 78.9 Å². The summed E-state index contributed by atoms with van der Waals surface area (Å²) in [6.45, 7) is 0.828. The molecule has 0 saturated carbocycles. The van der Waals surface area contributed by atoms with Crippen LogP contribution in [0.25, 0.3) is 16.8 Å². The van der Waals surface area contributed by atoms with Gasteiger partial charge in [-0.05, 0) is 68.3 Å². The quantitative estimate of drug-likeness (QED) is 0.170. The second-order valence-corrected chi connectivity index (χ2v) is 8.62. The lowest BCUT2D eigenvalue weighted by atomic mass is 10.1. The highest BCUT2D eigenvalue weighted by atomic mass is 127. The van der Waals surface area contributed by atoms with Gasteiger partial charge in [-0.3, -0.25) is 4.79 Å². The lowest BCUT2D eigenvalue weighted by molar-refractivity contribution is -0.117. The molecule has 0 spiro atoms. The lowest BCUT2D eigenvalue weighted by Gasteiger charge is -2.11. The summed E-state index contributed by atoms with van der Waals surface area (Å²) in [5.74, 6) is 0.361. The minimum Gasteiger partial charge on any atom is -0.488 e. The van der Waals surface area contributed by atoms with Crippen molar-refractivity contribution in [2.45, 2.75) is 13.2 Å². The zero-order valence-corrected chi connectivity index (χ0v) is 20.0. The van der Waals surface area contributed by atoms with Gasteiger partial charge in [-0.25, -0.2) is 0 Å². The number of benzene rings is 4. The Balaban J connectivity index is 1.44. The van der Waals surface area contributed by atoms with Crippen molar-refractivity contribution in [3.05, 3.63) is 117 Å². The molecular weight excluding hydrogens is 523 g/mol. The minimum absolute atomic E-state index is 0.0613. The normalized spacial score (nSPS) is 11.1. The van der Waals surface area contributed by atoms with Gasteiger partial charge in [0.1, 0.15) is 24.0 Å². The molecule has 0 aliphatic rings. The third-order valence-corrected chi connectivity index (χ3v) is 6.03. The Labute approximate surface area is 206 Å². The third-order valence-electron chi connectivity index (χ3n) is 5.19. The fraction of sp³-hybridized carbons (Fsp3) is 0.0714. The number of ether oxygens (including phenoxy) is 1. The van der Waals surface area contributed by atoms with Crippen LogP contribution < -0.4 is 10.1 Å². The van der Waals surface area contributed by atoms with Gasteiger partial charge in [-0.2, -0.15) is 5.26 Å². The average Bonchev–Trinajstić information content (AvgIpc) is 2.86. The van der Waals surface area contributed by atoms with Crippen molar-refractivity contribution in [1.29, 1.82) is 5.26 Å². The van der Waals surface area contributed by atoms with Crippen molar-refractivity contribution in [1.82, 2.24) is 5.32 Å². The molecule has 0 aliphatic carbocycles. The summed E-state index contributed by atoms with van der Waals surface area (Å²) in [5, 5.41) is 14.6. The average molecular weight is 544 g/mol. The van der Waals surface area contributed by atoms with Crippen molar-refractivity contribution >= 4 is 45.3 Å². The number of halogens is 1. The monoisotopic (exact) mass is 544 g/mol. The van der Waals surface area contributed by atoms with E-state index < -0.39 is 5.91 Å². The molecule has 1 amide bonds. The first kappa shape index (κ1) is 22.6. The second kappa shape index (κ2) is 10.8. The van der Waals surface area contributed by atoms with Crippen LogP contribution in [0.1, 0.15) is 16.7 Å². The number of rotatable bonds is 7. The van der Waals surface area contributed by atoms with Crippen LogP contribution >= 0.6 is 22.6 Å². The number of carbonyl (C=O) groups excluding carboxylic acids is 1. The van der Waals surface area contributed by atoms with E-state index >= 15 is 0 Å². The van der Waals surface area contributed by atoms with Gasteiger partial charge in [0.05, 0.1) is 3.57 Å². The third kappa shape index (κ3) is 5.79. The summed E-state index contributed by atoms with van der Waals surface area (Å²) in [4.78, 5) is 12.4. The maximum atomic E-state index is 12.4. The fourth-order valence-corrected chi connectivity index (χ4v) is 4.18. The Morgan fingerprint density at radius 2 is 1.73 bits per heavy atom. The smallest absolute Gasteiger partial charge is 0.262 e. The second-order valence-electron chi connectivity index (χ2n) is 7.45. The Kier molecular flexibility index (Phi) is 7.38. The first-order chi connectivity index (χ1) is 16.1. The van der Waals surface area contributed by atoms with Crippen LogP contribution in [0.15, 0.2) is 96.6 Å². The van der Waals surface area contributed by atoms with Crippen LogP contribution in [0.3, 0.4) is 0 Å². The Bertz CT molecular complexity index is 1350. The van der Waals surface area contributed by atoms with Gasteiger partial charge < -0.3 is 10.1 Å². The molecule has 162 valence electrons. The zero-order valence-electron chi connectivity index (χ0n) is 17.8. The van der Waals surface area contributed by atoms with Crippen LogP contribution in [0.4, 0.5) is 0 Å². The van der Waals surface area contributed by atoms with Crippen LogP contribution in [-0.2, 0) is 17.9 Å². The largest absolute Gasteiger partial charge is 0.488 e. The van der Waals surface area contributed by atoms with Gasteiger partial charge in [0.25, 0.3) is 5.91 Å². The highest BCUT2D eigenvalue weighted by molar-refractivity contribution is 14.1. The SMILES string of the molecule is N#C/C(=C/c1ccc(OCc2cccc3ccccc23)c(I)c1)C(=O)NCc1ccccc1. The van der Waals surface area contributed by atoms with Crippen LogP contribution in [0, 0.1) is 14.9 Å². The standard InChI is InChI=1S/C28H21IN2O2/c29-26-16-21(15-24(17-30)28(32)31-18-20-7-2-1-3-8-20)13-14-27(26)33-19-23-11-6-10-22-9-4-5-12-25(22)23/h1-16H,18-19H2,(H,31,32)/b24-15-. The van der Waals surface area contributed by atoms with E-state index in [1.807, 2.05) is 72.8 Å². The lowest BCUT2D eigenvalue weighted by Crippen LogP contribution is -2.23. The molecular formula is C28H21IN2O2. The van der Waals surface area contributed by atoms with Gasteiger partial charge >= 0.3 is 0 Å². The van der Waals surface area contributed by atoms with E-state index in [4.69, 9.17) is 4.74 Å². The van der Waals surface area contributed by atoms with Gasteiger partial charge in [0.2, 0.25) is 0 Å². The van der Waals surface area contributed by atoms with Crippen LogP contribution in [0.5, 0.6) is 5.75 Å². The molecule has 4 nitrogen and oxygen atoms in total. The van der Waals surface area contributed by atoms with Crippen molar-refractivity contribution in [2.75, 3.05) is 0 Å². The van der Waals surface area contributed by atoms with Crippen LogP contribution in [0.2, 0.25) is 0 Å². The summed E-state index contributed by atoms with van der Waals surface area (Å²) >= 11 is 2.21. The van der Waals surface area contributed by atoms with Gasteiger partial charge in [-0.15, -0.1) is 0 Å². The highest BCUT2D eigenvalue weighted by Gasteiger charge is 2.10. The molecule has 0 atom stereocenters. The number of fused-ring (bicyclic) bond motifs is 1. The molecule has 0 aromatic heterocycles. The van der Waals surface area contributed by atoms with E-state index in [9.17, 15) is 10.1 Å². The number of hydrogen-bond donors (Lipinski definition) is 1. The molecule has 0 bridgehead atoms. The summed E-state index contributed by atoms with van der Waals surface area (Å²) in [7, 11) is 0. The predicted octanol–water partition coefficient (Wildman–Crippen LogP) is 6.25. The number of hydrogen-bond acceptors (Lipinski definition) is 3. The molecule has 4 aromatic rings. The molecule has 0 saturated heterocycles. The zero-order chi connectivity index (χ0) is 23.0. The van der Waals surface area contributed by atoms with E-state index in [1.165, 1.54) is 10.8 Å². The number of carbonyl (C=O) groups is 1. The number of nitrogens with zero attached hydrogens (tertiary/aromatic N) is 1. The van der Waals surface area contributed by atoms with Crippen molar-refractivity contribution in [3.8, 4) is 11.8 Å². The molecule has 33 heavy (non-hydrogen) atoms. The Hall–Kier alpha value is -3.63. The molecule has 0 radical (unpaired) electrons. The molecule has 4 rings (SSSR count). The van der Waals surface area contributed by atoms with Crippen molar-refractivity contribution in [3.63, 3.8) is 0 Å². The summed E-state index contributed by atoms with van der Waals surface area (Å²) in [6.07, 6.45) is 1.59. The molecule has 0 aliphatic heterocycles. The first-order valence-electron chi connectivity index (χ1n) is 10.5. The van der Waals surface area contributed by atoms with E-state index in [1.54, 1.807) is 6.08 Å². The Morgan fingerprint density at radius 1 is 0.970 bits per heavy atom. The maximum absolute atomic E-state index is 12.4. The van der Waals surface area contributed by atoms with Crippen molar-refractivity contribution < 1.29 is 9.53 Å². The van der Waals surface area contributed by atoms with E-state index in [0.29, 0.717) is 13.2 Å². The predicted molar refractivity (Wildman–Crippen MR) is 139 cm³/mol. The molecule has 0 fully saturated rings. The van der Waals surface area contributed by atoms with Gasteiger partial charge in [0.15, 0.2) is 0 Å². The molecule has 0 heterocycles. The van der Waals surface area contributed by atoms with Crippen molar-refractivity contribution in [2.24, 2.45) is 0 Å². The minimum atomic E-state index is -0.396. The van der Waals surface area contributed by atoms with E-state index in [0.717, 1.165) is 26.0 Å². The highest BCUT2D eigenvalue weighted by Crippen LogP contribution is 2.26. The van der Waals surface area contributed by atoms with E-state index in [-0.39, 0.29) is 5.57 Å². The summed E-state index contributed by atoms with van der Waals surface area (Å²) < 4.78 is 6.99. The first-order valence-corrected chi connectivity index (χ1v) is 11.5. The molecule has 4 aromatic carbocycles. The molecule has 1 N–H and O–H groups in total. The van der Waals surface area contributed by atoms with E-state index in [2.05, 4.69) is 52.2 Å². The molecule has 5 heteroatoms. The summed E-state index contributed by atoms with van der Waals surface area (Å²) in [6, 6.07) is 31.7. The topological polar surface area (TPSA) is 62.1 Å². The van der Waals surface area contributed by atoms with Crippen LogP contribution in [-0.4, -0.2) is 5.91 Å². The molecule has 0 unspecified atom stereocenters. The summed E-state index contributed by atoms with van der Waals surface area (Å²) in [5.41, 5.74) is 2.93. The fourth-order valence-electron chi connectivity index (χ4n) is 3.49. The number of nitriles is 1.